The normalized spacial score (nSPS) is 23.9. The molecule has 132 valence electrons. The Hall–Kier alpha value is -2.70. The Bertz CT molecular complexity index is 679. The van der Waals surface area contributed by atoms with Crippen LogP contribution in [0, 0.1) is 11.8 Å². The third-order valence-corrected chi connectivity index (χ3v) is 4.92. The lowest BCUT2D eigenvalue weighted by Crippen LogP contribution is -2.43. The van der Waals surface area contributed by atoms with Gasteiger partial charge in [-0.25, -0.2) is 4.79 Å². The third kappa shape index (κ3) is 3.40. The van der Waals surface area contributed by atoms with Crippen LogP contribution in [0.25, 0.3) is 0 Å². The average molecular weight is 344 g/mol. The standard InChI is InChI=1S/C18H20N2O5/c21-14(19-15(18(24)25)11-6-2-1-3-7-11)10-20-16(22)12-8-4-5-9-13(12)17(20)23/h1-3,6-7,12-13,15H,4-5,8-10H2,(H,19,21)(H,24,25)/t12?,13?,15-/m1/s1. The molecule has 1 aromatic carbocycles. The van der Waals surface area contributed by atoms with Crippen LogP contribution in [0.1, 0.15) is 37.3 Å². The lowest BCUT2D eigenvalue weighted by molar-refractivity contribution is -0.145. The SMILES string of the molecule is O=C(CN1C(=O)C2CCCCC2C1=O)N[C@@H](C(=O)O)c1ccccc1. The van der Waals surface area contributed by atoms with Crippen molar-refractivity contribution in [2.45, 2.75) is 31.7 Å². The van der Waals surface area contributed by atoms with Gasteiger partial charge in [-0.05, 0) is 18.4 Å². The van der Waals surface area contributed by atoms with Crippen molar-refractivity contribution < 1.29 is 24.3 Å². The summed E-state index contributed by atoms with van der Waals surface area (Å²) in [5.74, 6) is -3.12. The fourth-order valence-electron chi connectivity index (χ4n) is 3.67. The molecule has 1 heterocycles. The van der Waals surface area contributed by atoms with E-state index in [-0.39, 0.29) is 23.7 Å². The average Bonchev–Trinajstić information content (AvgIpc) is 2.85. The van der Waals surface area contributed by atoms with Crippen molar-refractivity contribution in [2.75, 3.05) is 6.54 Å². The maximum Gasteiger partial charge on any atom is 0.330 e. The van der Waals surface area contributed by atoms with Crippen LogP contribution in [0.4, 0.5) is 0 Å². The summed E-state index contributed by atoms with van der Waals surface area (Å²) < 4.78 is 0. The molecule has 0 radical (unpaired) electrons. The zero-order chi connectivity index (χ0) is 18.0. The van der Waals surface area contributed by atoms with Crippen LogP contribution in [0.3, 0.4) is 0 Å². The number of carbonyl (C=O) groups excluding carboxylic acids is 3. The number of hydrogen-bond acceptors (Lipinski definition) is 4. The van der Waals surface area contributed by atoms with Crippen LogP contribution in [0.2, 0.25) is 0 Å². The monoisotopic (exact) mass is 344 g/mol. The number of nitrogens with one attached hydrogen (secondary N) is 1. The molecule has 0 aromatic heterocycles. The van der Waals surface area contributed by atoms with Gasteiger partial charge in [-0.15, -0.1) is 0 Å². The van der Waals surface area contributed by atoms with Gasteiger partial charge in [0.25, 0.3) is 0 Å². The Labute approximate surface area is 145 Å². The maximum absolute atomic E-state index is 12.4. The van der Waals surface area contributed by atoms with Crippen molar-refractivity contribution >= 4 is 23.7 Å². The smallest absolute Gasteiger partial charge is 0.330 e. The van der Waals surface area contributed by atoms with Crippen LogP contribution in [0.5, 0.6) is 0 Å². The summed E-state index contributed by atoms with van der Waals surface area (Å²) in [6, 6.07) is 7.07. The molecule has 3 atom stereocenters. The van der Waals surface area contributed by atoms with Crippen molar-refractivity contribution in [1.29, 1.82) is 0 Å². The highest BCUT2D eigenvalue weighted by Gasteiger charge is 2.48. The molecule has 0 bridgehead atoms. The van der Waals surface area contributed by atoms with E-state index in [4.69, 9.17) is 0 Å². The van der Waals surface area contributed by atoms with Crippen molar-refractivity contribution in [3.8, 4) is 0 Å². The number of rotatable bonds is 5. The minimum Gasteiger partial charge on any atom is -0.479 e. The number of likely N-dealkylation sites (tertiary alicyclic amines) is 1. The molecule has 2 fully saturated rings. The third-order valence-electron chi connectivity index (χ3n) is 4.92. The number of carboxylic acid groups (broad SMARTS) is 1. The molecule has 1 saturated heterocycles. The molecule has 1 aliphatic carbocycles. The molecular weight excluding hydrogens is 324 g/mol. The minimum atomic E-state index is -1.22. The highest BCUT2D eigenvalue weighted by Crippen LogP contribution is 2.37. The summed E-state index contributed by atoms with van der Waals surface area (Å²) in [6.07, 6.45) is 3.18. The van der Waals surface area contributed by atoms with Gasteiger partial charge in [0.15, 0.2) is 6.04 Å². The number of aliphatic carboxylic acids is 1. The fraction of sp³-hybridized carbons (Fsp3) is 0.444. The highest BCUT2D eigenvalue weighted by molar-refractivity contribution is 6.07. The molecule has 2 aliphatic rings. The summed E-state index contributed by atoms with van der Waals surface area (Å²) >= 11 is 0. The van der Waals surface area contributed by atoms with Crippen LogP contribution in [-0.2, 0) is 19.2 Å². The quantitative estimate of drug-likeness (QED) is 0.779. The molecule has 7 heteroatoms. The lowest BCUT2D eigenvalue weighted by Gasteiger charge is -2.19. The first-order valence-electron chi connectivity index (χ1n) is 8.41. The number of carboxylic acids is 1. The van der Waals surface area contributed by atoms with Gasteiger partial charge in [-0.2, -0.15) is 0 Å². The summed E-state index contributed by atoms with van der Waals surface area (Å²) in [5.41, 5.74) is 0.427. The van der Waals surface area contributed by atoms with E-state index < -0.39 is 24.5 Å². The number of imide groups is 1. The number of benzene rings is 1. The van der Waals surface area contributed by atoms with Crippen LogP contribution < -0.4 is 5.32 Å². The topological polar surface area (TPSA) is 104 Å². The van der Waals surface area contributed by atoms with Gasteiger partial charge in [0.1, 0.15) is 6.54 Å². The van der Waals surface area contributed by atoms with Gasteiger partial charge in [0, 0.05) is 0 Å². The van der Waals surface area contributed by atoms with E-state index in [1.54, 1.807) is 30.3 Å². The predicted molar refractivity (Wildman–Crippen MR) is 87.1 cm³/mol. The van der Waals surface area contributed by atoms with Crippen molar-refractivity contribution in [3.63, 3.8) is 0 Å². The maximum atomic E-state index is 12.4. The fourth-order valence-corrected chi connectivity index (χ4v) is 3.67. The Balaban J connectivity index is 1.68. The molecule has 0 spiro atoms. The first-order valence-corrected chi connectivity index (χ1v) is 8.41. The second-order valence-electron chi connectivity index (χ2n) is 6.51. The summed E-state index contributed by atoms with van der Waals surface area (Å²) in [7, 11) is 0. The predicted octanol–water partition coefficient (Wildman–Crippen LogP) is 1.10. The van der Waals surface area contributed by atoms with E-state index in [1.807, 2.05) is 0 Å². The number of carbonyl (C=O) groups is 4. The molecule has 3 rings (SSSR count). The zero-order valence-electron chi connectivity index (χ0n) is 13.7. The Kier molecular flexibility index (Phi) is 4.83. The zero-order valence-corrected chi connectivity index (χ0v) is 13.7. The van der Waals surface area contributed by atoms with E-state index in [2.05, 4.69) is 5.32 Å². The first kappa shape index (κ1) is 17.1. The summed E-state index contributed by atoms with van der Waals surface area (Å²) in [5, 5.41) is 11.7. The van der Waals surface area contributed by atoms with Crippen LogP contribution >= 0.6 is 0 Å². The minimum absolute atomic E-state index is 0.309. The molecule has 2 N–H and O–H groups in total. The number of fused-ring (bicyclic) bond motifs is 1. The molecule has 25 heavy (non-hydrogen) atoms. The second kappa shape index (κ2) is 7.04. The van der Waals surface area contributed by atoms with Gasteiger partial charge >= 0.3 is 5.97 Å². The number of nitrogens with zero attached hydrogens (tertiary/aromatic N) is 1. The molecule has 7 nitrogen and oxygen atoms in total. The molecular formula is C18H20N2O5. The van der Waals surface area contributed by atoms with E-state index >= 15 is 0 Å². The second-order valence-corrected chi connectivity index (χ2v) is 6.51. The van der Waals surface area contributed by atoms with Crippen molar-refractivity contribution in [1.82, 2.24) is 10.2 Å². The highest BCUT2D eigenvalue weighted by atomic mass is 16.4. The molecule has 1 saturated carbocycles. The van der Waals surface area contributed by atoms with E-state index in [9.17, 15) is 24.3 Å². The van der Waals surface area contributed by atoms with E-state index in [0.29, 0.717) is 18.4 Å². The largest absolute Gasteiger partial charge is 0.479 e. The van der Waals surface area contributed by atoms with Gasteiger partial charge in [-0.3, -0.25) is 19.3 Å². The van der Waals surface area contributed by atoms with Crippen molar-refractivity contribution in [2.24, 2.45) is 11.8 Å². The number of hydrogen-bond donors (Lipinski definition) is 2. The van der Waals surface area contributed by atoms with Crippen molar-refractivity contribution in [3.05, 3.63) is 35.9 Å². The number of amides is 3. The summed E-state index contributed by atoms with van der Waals surface area (Å²) in [6.45, 7) is -0.429. The molecule has 3 amide bonds. The Morgan fingerprint density at radius 3 is 2.16 bits per heavy atom. The van der Waals surface area contributed by atoms with Gasteiger partial charge in [-0.1, -0.05) is 43.2 Å². The lowest BCUT2D eigenvalue weighted by atomic mass is 9.81. The van der Waals surface area contributed by atoms with Gasteiger partial charge in [0.05, 0.1) is 11.8 Å². The molecule has 1 aliphatic heterocycles. The van der Waals surface area contributed by atoms with Gasteiger partial charge in [0.2, 0.25) is 17.7 Å². The van der Waals surface area contributed by atoms with Gasteiger partial charge < -0.3 is 10.4 Å². The Morgan fingerprint density at radius 1 is 1.08 bits per heavy atom. The Morgan fingerprint density at radius 2 is 1.64 bits per heavy atom. The van der Waals surface area contributed by atoms with E-state index in [0.717, 1.165) is 17.7 Å². The van der Waals surface area contributed by atoms with Crippen LogP contribution in [0.15, 0.2) is 30.3 Å². The van der Waals surface area contributed by atoms with E-state index in [1.165, 1.54) is 0 Å². The molecule has 2 unspecified atom stereocenters. The summed E-state index contributed by atoms with van der Waals surface area (Å²) in [4.78, 5) is 49.5. The molecule has 1 aromatic rings. The first-order chi connectivity index (χ1) is 12.0. The van der Waals surface area contributed by atoms with Crippen LogP contribution in [-0.4, -0.2) is 40.2 Å².